The largest absolute Gasteiger partial charge is 0.494 e. The molecule has 1 aromatic carbocycles. The molecule has 0 atom stereocenters. The highest BCUT2D eigenvalue weighted by Crippen LogP contribution is 2.21. The molecule has 0 fully saturated rings. The van der Waals surface area contributed by atoms with Crippen LogP contribution in [0.3, 0.4) is 0 Å². The van der Waals surface area contributed by atoms with E-state index in [9.17, 15) is 4.79 Å². The first-order valence-electron chi connectivity index (χ1n) is 4.71. The SMILES string of the molecule is COc1ccccc1-n1ccc(C(N)=O)n1. The molecule has 1 heterocycles. The predicted octanol–water partition coefficient (Wildman–Crippen LogP) is 0.980. The topological polar surface area (TPSA) is 70.1 Å². The van der Waals surface area contributed by atoms with Gasteiger partial charge in [-0.05, 0) is 18.2 Å². The van der Waals surface area contributed by atoms with Gasteiger partial charge in [-0.1, -0.05) is 12.1 Å². The molecule has 5 nitrogen and oxygen atoms in total. The third-order valence-corrected chi connectivity index (χ3v) is 2.17. The average Bonchev–Trinajstić information content (AvgIpc) is 2.78. The molecule has 0 spiro atoms. The molecule has 1 amide bonds. The van der Waals surface area contributed by atoms with E-state index in [0.29, 0.717) is 5.75 Å². The monoisotopic (exact) mass is 217 g/mol. The van der Waals surface area contributed by atoms with Gasteiger partial charge in [-0.3, -0.25) is 4.79 Å². The zero-order valence-corrected chi connectivity index (χ0v) is 8.75. The second kappa shape index (κ2) is 4.06. The van der Waals surface area contributed by atoms with Gasteiger partial charge in [0.1, 0.15) is 17.1 Å². The molecule has 0 aliphatic carbocycles. The van der Waals surface area contributed by atoms with Crippen molar-refractivity contribution in [3.05, 3.63) is 42.2 Å². The number of methoxy groups -OCH3 is 1. The van der Waals surface area contributed by atoms with Gasteiger partial charge >= 0.3 is 0 Å². The molecule has 0 unspecified atom stereocenters. The Hall–Kier alpha value is -2.30. The van der Waals surface area contributed by atoms with Crippen molar-refractivity contribution in [2.24, 2.45) is 5.73 Å². The van der Waals surface area contributed by atoms with Crippen LogP contribution in [-0.4, -0.2) is 22.8 Å². The number of aromatic nitrogens is 2. The van der Waals surface area contributed by atoms with Crippen LogP contribution in [0.1, 0.15) is 10.5 Å². The molecule has 1 aromatic heterocycles. The van der Waals surface area contributed by atoms with Crippen LogP contribution in [0.15, 0.2) is 36.5 Å². The van der Waals surface area contributed by atoms with E-state index in [-0.39, 0.29) is 5.69 Å². The minimum atomic E-state index is -0.548. The molecule has 2 N–H and O–H groups in total. The molecule has 0 bridgehead atoms. The van der Waals surface area contributed by atoms with Crippen molar-refractivity contribution in [1.82, 2.24) is 9.78 Å². The van der Waals surface area contributed by atoms with E-state index in [0.717, 1.165) is 5.69 Å². The first-order chi connectivity index (χ1) is 7.72. The summed E-state index contributed by atoms with van der Waals surface area (Å²) in [7, 11) is 1.58. The molecule has 2 rings (SSSR count). The number of hydrogen-bond acceptors (Lipinski definition) is 3. The first-order valence-corrected chi connectivity index (χ1v) is 4.71. The smallest absolute Gasteiger partial charge is 0.269 e. The van der Waals surface area contributed by atoms with E-state index in [1.165, 1.54) is 0 Å². The number of amides is 1. The Labute approximate surface area is 92.4 Å². The van der Waals surface area contributed by atoms with Gasteiger partial charge in [0.2, 0.25) is 0 Å². The maximum Gasteiger partial charge on any atom is 0.269 e. The zero-order valence-electron chi connectivity index (χ0n) is 8.75. The lowest BCUT2D eigenvalue weighted by molar-refractivity contribution is 0.0995. The van der Waals surface area contributed by atoms with Crippen LogP contribution in [0.25, 0.3) is 5.69 Å². The fourth-order valence-electron chi connectivity index (χ4n) is 1.41. The maximum absolute atomic E-state index is 10.9. The number of hydrogen-bond donors (Lipinski definition) is 1. The van der Waals surface area contributed by atoms with Gasteiger partial charge < -0.3 is 10.5 Å². The summed E-state index contributed by atoms with van der Waals surface area (Å²) in [6, 6.07) is 8.95. The third-order valence-electron chi connectivity index (χ3n) is 2.17. The van der Waals surface area contributed by atoms with Gasteiger partial charge in [-0.2, -0.15) is 5.10 Å². The van der Waals surface area contributed by atoms with Crippen LogP contribution < -0.4 is 10.5 Å². The summed E-state index contributed by atoms with van der Waals surface area (Å²) in [5.74, 6) is 0.135. The summed E-state index contributed by atoms with van der Waals surface area (Å²) < 4.78 is 6.75. The Kier molecular flexibility index (Phi) is 2.59. The number of rotatable bonds is 3. The van der Waals surface area contributed by atoms with Crippen LogP contribution in [0.2, 0.25) is 0 Å². The Morgan fingerprint density at radius 2 is 2.12 bits per heavy atom. The molecular formula is C11H11N3O2. The lowest BCUT2D eigenvalue weighted by Gasteiger charge is -2.07. The Morgan fingerprint density at radius 1 is 1.38 bits per heavy atom. The molecule has 0 saturated heterocycles. The van der Waals surface area contributed by atoms with Gasteiger partial charge in [-0.25, -0.2) is 4.68 Å². The number of ether oxygens (including phenoxy) is 1. The lowest BCUT2D eigenvalue weighted by atomic mass is 10.3. The Bertz CT molecular complexity index is 519. The summed E-state index contributed by atoms with van der Waals surface area (Å²) in [5.41, 5.74) is 6.12. The number of primary amides is 1. The highest BCUT2D eigenvalue weighted by atomic mass is 16.5. The molecule has 2 aromatic rings. The second-order valence-corrected chi connectivity index (χ2v) is 3.18. The van der Waals surface area contributed by atoms with Crippen molar-refractivity contribution in [3.63, 3.8) is 0 Å². The fourth-order valence-corrected chi connectivity index (χ4v) is 1.41. The van der Waals surface area contributed by atoms with E-state index in [1.807, 2.05) is 24.3 Å². The summed E-state index contributed by atoms with van der Waals surface area (Å²) in [6.07, 6.45) is 1.66. The van der Waals surface area contributed by atoms with Crippen molar-refractivity contribution in [1.29, 1.82) is 0 Å². The minimum absolute atomic E-state index is 0.228. The average molecular weight is 217 g/mol. The van der Waals surface area contributed by atoms with Crippen molar-refractivity contribution >= 4 is 5.91 Å². The maximum atomic E-state index is 10.9. The number of benzene rings is 1. The fraction of sp³-hybridized carbons (Fsp3) is 0.0909. The summed E-state index contributed by atoms with van der Waals surface area (Å²) in [4.78, 5) is 10.9. The standard InChI is InChI=1S/C11H11N3O2/c1-16-10-5-3-2-4-9(10)14-7-6-8(13-14)11(12)15/h2-7H,1H3,(H2,12,15). The van der Waals surface area contributed by atoms with E-state index < -0.39 is 5.91 Å². The van der Waals surface area contributed by atoms with Gasteiger partial charge in [0.25, 0.3) is 5.91 Å². The van der Waals surface area contributed by atoms with E-state index >= 15 is 0 Å². The molecule has 0 radical (unpaired) electrons. The van der Waals surface area contributed by atoms with Crippen molar-refractivity contribution in [3.8, 4) is 11.4 Å². The lowest BCUT2D eigenvalue weighted by Crippen LogP contribution is -2.12. The third kappa shape index (κ3) is 1.75. The highest BCUT2D eigenvalue weighted by molar-refractivity contribution is 5.90. The van der Waals surface area contributed by atoms with Crippen LogP contribution in [0.4, 0.5) is 0 Å². The van der Waals surface area contributed by atoms with Gasteiger partial charge in [-0.15, -0.1) is 0 Å². The normalized spacial score (nSPS) is 10.1. The Morgan fingerprint density at radius 3 is 2.75 bits per heavy atom. The number of nitrogens with zero attached hydrogens (tertiary/aromatic N) is 2. The van der Waals surface area contributed by atoms with Crippen molar-refractivity contribution < 1.29 is 9.53 Å². The number of nitrogens with two attached hydrogens (primary N) is 1. The zero-order chi connectivity index (χ0) is 11.5. The van der Waals surface area contributed by atoms with E-state index in [1.54, 1.807) is 24.1 Å². The van der Waals surface area contributed by atoms with Crippen LogP contribution >= 0.6 is 0 Å². The van der Waals surface area contributed by atoms with Gasteiger partial charge in [0.05, 0.1) is 7.11 Å². The summed E-state index contributed by atoms with van der Waals surface area (Å²) in [6.45, 7) is 0. The number of carbonyl (C=O) groups is 1. The number of para-hydroxylation sites is 2. The summed E-state index contributed by atoms with van der Waals surface area (Å²) in [5, 5.41) is 4.05. The molecule has 5 heteroatoms. The quantitative estimate of drug-likeness (QED) is 0.833. The molecular weight excluding hydrogens is 206 g/mol. The van der Waals surface area contributed by atoms with Crippen molar-refractivity contribution in [2.75, 3.05) is 7.11 Å². The highest BCUT2D eigenvalue weighted by Gasteiger charge is 2.08. The van der Waals surface area contributed by atoms with Gasteiger partial charge in [0.15, 0.2) is 0 Å². The van der Waals surface area contributed by atoms with Gasteiger partial charge in [0, 0.05) is 6.20 Å². The molecule has 82 valence electrons. The van der Waals surface area contributed by atoms with Crippen LogP contribution in [0, 0.1) is 0 Å². The van der Waals surface area contributed by atoms with E-state index in [2.05, 4.69) is 5.10 Å². The summed E-state index contributed by atoms with van der Waals surface area (Å²) >= 11 is 0. The molecule has 0 aliphatic rings. The Balaban J connectivity index is 2.46. The molecule has 16 heavy (non-hydrogen) atoms. The molecule has 0 saturated carbocycles. The van der Waals surface area contributed by atoms with Crippen LogP contribution in [-0.2, 0) is 0 Å². The molecule has 0 aliphatic heterocycles. The van der Waals surface area contributed by atoms with Crippen molar-refractivity contribution in [2.45, 2.75) is 0 Å². The van der Waals surface area contributed by atoms with Crippen LogP contribution in [0.5, 0.6) is 5.75 Å². The minimum Gasteiger partial charge on any atom is -0.494 e. The second-order valence-electron chi connectivity index (χ2n) is 3.18. The van der Waals surface area contributed by atoms with E-state index in [4.69, 9.17) is 10.5 Å². The predicted molar refractivity (Wildman–Crippen MR) is 58.6 cm³/mol. The number of carbonyl (C=O) groups excluding carboxylic acids is 1. The first kappa shape index (κ1) is 10.2.